The smallest absolute Gasteiger partial charge is 0.341 e. The van der Waals surface area contributed by atoms with Crippen molar-refractivity contribution in [3.63, 3.8) is 0 Å². The van der Waals surface area contributed by atoms with Crippen LogP contribution in [0.25, 0.3) is 0 Å². The van der Waals surface area contributed by atoms with Gasteiger partial charge in [0.1, 0.15) is 0 Å². The average molecular weight is 483 g/mol. The van der Waals surface area contributed by atoms with E-state index in [1.54, 1.807) is 35.6 Å². The zero-order valence-electron chi connectivity index (χ0n) is 18.6. The van der Waals surface area contributed by atoms with Crippen molar-refractivity contribution in [3.8, 4) is 0 Å². The van der Waals surface area contributed by atoms with Crippen molar-refractivity contribution in [2.45, 2.75) is 56.1 Å². The number of sulfonamides is 1. The van der Waals surface area contributed by atoms with Crippen LogP contribution in [-0.4, -0.2) is 43.7 Å². The van der Waals surface area contributed by atoms with E-state index in [0.29, 0.717) is 25.1 Å². The molecule has 1 aliphatic rings. The van der Waals surface area contributed by atoms with E-state index in [9.17, 15) is 26.4 Å². The lowest BCUT2D eigenvalue weighted by atomic mass is 10.1. The van der Waals surface area contributed by atoms with E-state index in [0.717, 1.165) is 43.4 Å². The molecule has 0 unspecified atom stereocenters. The molecule has 2 aromatic rings. The van der Waals surface area contributed by atoms with Crippen molar-refractivity contribution in [2.24, 2.45) is 0 Å². The van der Waals surface area contributed by atoms with Gasteiger partial charge < -0.3 is 4.90 Å². The van der Waals surface area contributed by atoms with Crippen molar-refractivity contribution in [2.75, 3.05) is 20.1 Å². The Morgan fingerprint density at radius 1 is 0.909 bits per heavy atom. The molecule has 0 N–H and O–H groups in total. The van der Waals surface area contributed by atoms with Crippen molar-refractivity contribution in [1.82, 2.24) is 9.21 Å². The molecular formula is C24H29F3N2O3S. The summed E-state index contributed by atoms with van der Waals surface area (Å²) in [6.45, 7) is 1.30. The number of nitrogens with zero attached hydrogens (tertiary/aromatic N) is 2. The summed E-state index contributed by atoms with van der Waals surface area (Å²) < 4.78 is 65.3. The van der Waals surface area contributed by atoms with E-state index < -0.39 is 21.8 Å². The van der Waals surface area contributed by atoms with Crippen LogP contribution in [0.3, 0.4) is 0 Å². The summed E-state index contributed by atoms with van der Waals surface area (Å²) in [6.07, 6.45) is 0.120. The average Bonchev–Trinajstić information content (AvgIpc) is 3.08. The van der Waals surface area contributed by atoms with Crippen molar-refractivity contribution >= 4 is 15.9 Å². The van der Waals surface area contributed by atoms with Gasteiger partial charge in [-0.3, -0.25) is 4.79 Å². The highest BCUT2D eigenvalue weighted by Crippen LogP contribution is 2.29. The topological polar surface area (TPSA) is 57.7 Å². The van der Waals surface area contributed by atoms with E-state index in [1.807, 2.05) is 0 Å². The summed E-state index contributed by atoms with van der Waals surface area (Å²) in [6, 6.07) is 11.4. The lowest BCUT2D eigenvalue weighted by Gasteiger charge is -2.20. The second-order valence-electron chi connectivity index (χ2n) is 8.41. The van der Waals surface area contributed by atoms with Gasteiger partial charge in [0.25, 0.3) is 0 Å². The number of rotatable bonds is 7. The van der Waals surface area contributed by atoms with Crippen molar-refractivity contribution in [1.29, 1.82) is 0 Å². The molecule has 0 spiro atoms. The molecule has 2 aromatic carbocycles. The van der Waals surface area contributed by atoms with Gasteiger partial charge in [0.2, 0.25) is 15.9 Å². The molecule has 9 heteroatoms. The van der Waals surface area contributed by atoms with Crippen LogP contribution in [-0.2, 0) is 34.0 Å². The first-order valence-electron chi connectivity index (χ1n) is 11.1. The summed E-state index contributed by atoms with van der Waals surface area (Å²) in [5, 5.41) is 0. The number of amides is 1. The molecule has 0 atom stereocenters. The van der Waals surface area contributed by atoms with Crippen LogP contribution in [0.4, 0.5) is 13.2 Å². The predicted octanol–water partition coefficient (Wildman–Crippen LogP) is 4.86. The largest absolute Gasteiger partial charge is 0.416 e. The fraction of sp³-hybridized carbons (Fsp3) is 0.458. The molecule has 180 valence electrons. The van der Waals surface area contributed by atoms with E-state index in [2.05, 4.69) is 0 Å². The fourth-order valence-electron chi connectivity index (χ4n) is 3.86. The SMILES string of the molecule is CN(Cc1ccc(C(F)(F)F)cc1)C(=O)CCc1ccc(S(=O)(=O)N2CCCCCC2)cc1. The van der Waals surface area contributed by atoms with Crippen LogP contribution in [0.1, 0.15) is 48.8 Å². The van der Waals surface area contributed by atoms with Crippen LogP contribution < -0.4 is 0 Å². The van der Waals surface area contributed by atoms with Gasteiger partial charge in [-0.1, -0.05) is 37.1 Å². The van der Waals surface area contributed by atoms with Crippen LogP contribution >= 0.6 is 0 Å². The number of carbonyl (C=O) groups is 1. The minimum atomic E-state index is -4.39. The Balaban J connectivity index is 1.53. The lowest BCUT2D eigenvalue weighted by Crippen LogP contribution is -2.31. The van der Waals surface area contributed by atoms with Gasteiger partial charge in [0, 0.05) is 33.1 Å². The molecule has 1 saturated heterocycles. The van der Waals surface area contributed by atoms with Gasteiger partial charge in [-0.05, 0) is 54.7 Å². The standard InChI is InChI=1S/C24H29F3N2O3S/c1-28(18-20-6-11-21(12-7-20)24(25,26)27)23(30)15-10-19-8-13-22(14-9-19)33(31,32)29-16-4-2-3-5-17-29/h6-9,11-14H,2-5,10,15-18H2,1H3. The molecule has 1 heterocycles. The Labute approximate surface area is 193 Å². The summed E-state index contributed by atoms with van der Waals surface area (Å²) >= 11 is 0. The van der Waals surface area contributed by atoms with E-state index in [-0.39, 0.29) is 23.8 Å². The molecule has 33 heavy (non-hydrogen) atoms. The zero-order chi connectivity index (χ0) is 24.1. The maximum atomic E-state index is 12.9. The van der Waals surface area contributed by atoms with Gasteiger partial charge >= 0.3 is 6.18 Å². The molecule has 3 rings (SSSR count). The second-order valence-corrected chi connectivity index (χ2v) is 10.3. The van der Waals surface area contributed by atoms with Gasteiger partial charge in [0.15, 0.2) is 0 Å². The number of hydrogen-bond acceptors (Lipinski definition) is 3. The highest BCUT2D eigenvalue weighted by molar-refractivity contribution is 7.89. The summed E-state index contributed by atoms with van der Waals surface area (Å²) in [5.41, 5.74) is 0.740. The lowest BCUT2D eigenvalue weighted by molar-refractivity contribution is -0.137. The third kappa shape index (κ3) is 6.80. The summed E-state index contributed by atoms with van der Waals surface area (Å²) in [4.78, 5) is 14.2. The number of halogens is 3. The van der Waals surface area contributed by atoms with Crippen molar-refractivity contribution in [3.05, 3.63) is 65.2 Å². The maximum absolute atomic E-state index is 12.9. The zero-order valence-corrected chi connectivity index (χ0v) is 19.5. The Hall–Kier alpha value is -2.39. The Kier molecular flexibility index (Phi) is 8.18. The van der Waals surface area contributed by atoms with Crippen LogP contribution in [0, 0.1) is 0 Å². The summed E-state index contributed by atoms with van der Waals surface area (Å²) in [5.74, 6) is -0.142. The van der Waals surface area contributed by atoms with Crippen molar-refractivity contribution < 1.29 is 26.4 Å². The molecule has 0 saturated carbocycles. The first-order chi connectivity index (χ1) is 15.6. The minimum Gasteiger partial charge on any atom is -0.341 e. The van der Waals surface area contributed by atoms with Gasteiger partial charge in [-0.2, -0.15) is 17.5 Å². The van der Waals surface area contributed by atoms with E-state index >= 15 is 0 Å². The third-order valence-corrected chi connectivity index (χ3v) is 7.79. The highest BCUT2D eigenvalue weighted by Gasteiger charge is 2.30. The molecule has 1 aliphatic heterocycles. The van der Waals surface area contributed by atoms with Gasteiger partial charge in [-0.25, -0.2) is 8.42 Å². The van der Waals surface area contributed by atoms with Gasteiger partial charge in [0.05, 0.1) is 10.5 Å². The maximum Gasteiger partial charge on any atom is 0.416 e. The Morgan fingerprint density at radius 2 is 1.45 bits per heavy atom. The molecule has 5 nitrogen and oxygen atoms in total. The fourth-order valence-corrected chi connectivity index (χ4v) is 5.38. The molecule has 1 fully saturated rings. The van der Waals surface area contributed by atoms with Gasteiger partial charge in [-0.15, -0.1) is 0 Å². The molecule has 0 radical (unpaired) electrons. The van der Waals surface area contributed by atoms with Crippen LogP contribution in [0.2, 0.25) is 0 Å². The van der Waals surface area contributed by atoms with Crippen LogP contribution in [0.15, 0.2) is 53.4 Å². The van der Waals surface area contributed by atoms with Crippen LogP contribution in [0.5, 0.6) is 0 Å². The molecule has 0 aromatic heterocycles. The number of hydrogen-bond donors (Lipinski definition) is 0. The molecule has 0 bridgehead atoms. The molecule has 0 aliphatic carbocycles. The Bertz CT molecular complexity index is 1030. The number of aryl methyl sites for hydroxylation is 1. The van der Waals surface area contributed by atoms with E-state index in [1.165, 1.54) is 17.0 Å². The quantitative estimate of drug-likeness (QED) is 0.566. The molecular weight excluding hydrogens is 453 g/mol. The third-order valence-electron chi connectivity index (χ3n) is 5.88. The first-order valence-corrected chi connectivity index (χ1v) is 12.5. The predicted molar refractivity (Wildman–Crippen MR) is 120 cm³/mol. The van der Waals surface area contributed by atoms with E-state index in [4.69, 9.17) is 0 Å². The first kappa shape index (κ1) is 25.2. The number of benzene rings is 2. The molecule has 1 amide bonds. The number of alkyl halides is 3. The Morgan fingerprint density at radius 3 is 2.00 bits per heavy atom. The normalized spacial score (nSPS) is 15.8. The summed E-state index contributed by atoms with van der Waals surface area (Å²) in [7, 11) is -1.90. The second kappa shape index (κ2) is 10.7. The minimum absolute atomic E-state index is 0.142. The number of carbonyl (C=O) groups excluding carboxylic acids is 1. The highest BCUT2D eigenvalue weighted by atomic mass is 32.2. The monoisotopic (exact) mass is 482 g/mol.